The number of phenolic OH excluding ortho intramolecular Hbond substituents is 1. The molecule has 1 aliphatic rings. The van der Waals surface area contributed by atoms with Gasteiger partial charge in [0.25, 0.3) is 0 Å². The quantitative estimate of drug-likeness (QED) is 0.490. The van der Waals surface area contributed by atoms with Crippen LogP contribution in [0.25, 0.3) is 22.5 Å². The standard InChI is InChI=1S/C24H28ClN5O5S/c1-24(2,3)35-23(32)29-9-6-17(7-10-29)30-14-19(20-5-8-26-22(27-20)36(4,33)34)21(28-30)15-11-16(25)13-18(31)12-15/h5,8,11-14,17,31H,6-7,9-10H2,1-4H3. The van der Waals surface area contributed by atoms with Crippen LogP contribution >= 0.6 is 11.6 Å². The number of ether oxygens (including phenoxy) is 1. The van der Waals surface area contributed by atoms with Crippen LogP contribution in [0, 0.1) is 0 Å². The van der Waals surface area contributed by atoms with Crippen molar-refractivity contribution < 1.29 is 23.1 Å². The summed E-state index contributed by atoms with van der Waals surface area (Å²) in [5, 5.41) is 14.9. The lowest BCUT2D eigenvalue weighted by atomic mass is 10.0. The Bertz CT molecular complexity index is 1370. The van der Waals surface area contributed by atoms with Gasteiger partial charge in [-0.2, -0.15) is 5.10 Å². The van der Waals surface area contributed by atoms with Crippen molar-refractivity contribution in [3.8, 4) is 28.3 Å². The third kappa shape index (κ3) is 5.96. The maximum atomic E-state index is 12.4. The van der Waals surface area contributed by atoms with Crippen LogP contribution in [-0.2, 0) is 14.6 Å². The van der Waals surface area contributed by atoms with Gasteiger partial charge in [-0.3, -0.25) is 4.68 Å². The van der Waals surface area contributed by atoms with Gasteiger partial charge in [-0.25, -0.2) is 23.2 Å². The molecule has 1 N–H and O–H groups in total. The predicted molar refractivity (Wildman–Crippen MR) is 135 cm³/mol. The van der Waals surface area contributed by atoms with Crippen molar-refractivity contribution in [3.63, 3.8) is 0 Å². The Morgan fingerprint density at radius 3 is 2.50 bits per heavy atom. The highest BCUT2D eigenvalue weighted by atomic mass is 35.5. The Balaban J connectivity index is 1.69. The van der Waals surface area contributed by atoms with Gasteiger partial charge >= 0.3 is 6.09 Å². The summed E-state index contributed by atoms with van der Waals surface area (Å²) in [6.45, 7) is 6.52. The zero-order valence-electron chi connectivity index (χ0n) is 20.5. The summed E-state index contributed by atoms with van der Waals surface area (Å²) in [5.41, 5.74) is 1.42. The van der Waals surface area contributed by atoms with Crippen molar-refractivity contribution in [3.05, 3.63) is 41.7 Å². The van der Waals surface area contributed by atoms with E-state index in [1.54, 1.807) is 27.9 Å². The second-order valence-electron chi connectivity index (χ2n) is 9.76. The first kappa shape index (κ1) is 25.9. The third-order valence-electron chi connectivity index (χ3n) is 5.62. The Hall–Kier alpha value is -3.18. The van der Waals surface area contributed by atoms with Gasteiger partial charge in [0.15, 0.2) is 0 Å². The molecule has 1 fully saturated rings. The van der Waals surface area contributed by atoms with Gasteiger partial charge in [0.2, 0.25) is 15.0 Å². The molecule has 4 rings (SSSR count). The number of benzene rings is 1. The lowest BCUT2D eigenvalue weighted by molar-refractivity contribution is 0.0185. The largest absolute Gasteiger partial charge is 0.508 e. The van der Waals surface area contributed by atoms with Crippen LogP contribution in [0.1, 0.15) is 39.7 Å². The SMILES string of the molecule is CC(C)(C)OC(=O)N1CCC(n2cc(-c3ccnc(S(C)(=O)=O)n3)c(-c3cc(O)cc(Cl)c3)n2)CC1. The highest BCUT2D eigenvalue weighted by Crippen LogP contribution is 2.36. The zero-order chi connectivity index (χ0) is 26.3. The van der Waals surface area contributed by atoms with Gasteiger partial charge in [0, 0.05) is 47.9 Å². The Labute approximate surface area is 214 Å². The van der Waals surface area contributed by atoms with Crippen molar-refractivity contribution in [1.29, 1.82) is 0 Å². The number of aromatic nitrogens is 4. The Kier molecular flexibility index (Phi) is 6.98. The van der Waals surface area contributed by atoms with Crippen LogP contribution in [-0.4, -0.2) is 69.2 Å². The minimum Gasteiger partial charge on any atom is -0.508 e. The fraction of sp³-hybridized carbons (Fsp3) is 0.417. The molecule has 3 aromatic rings. The number of aromatic hydroxyl groups is 1. The molecule has 36 heavy (non-hydrogen) atoms. The van der Waals surface area contributed by atoms with Crippen LogP contribution in [0.15, 0.2) is 41.8 Å². The van der Waals surface area contributed by atoms with Gasteiger partial charge in [0.1, 0.15) is 17.0 Å². The van der Waals surface area contributed by atoms with Crippen molar-refractivity contribution >= 4 is 27.5 Å². The average Bonchev–Trinajstić information content (AvgIpc) is 3.23. The van der Waals surface area contributed by atoms with E-state index in [0.717, 1.165) is 6.26 Å². The molecule has 0 spiro atoms. The van der Waals surface area contributed by atoms with E-state index < -0.39 is 15.4 Å². The minimum absolute atomic E-state index is 0.0137. The molecule has 12 heteroatoms. The number of amides is 1. The minimum atomic E-state index is -3.63. The van der Waals surface area contributed by atoms with E-state index in [4.69, 9.17) is 21.4 Å². The monoisotopic (exact) mass is 533 g/mol. The number of hydrogen-bond donors (Lipinski definition) is 1. The van der Waals surface area contributed by atoms with E-state index in [1.165, 1.54) is 18.3 Å². The second kappa shape index (κ2) is 9.70. The first-order valence-electron chi connectivity index (χ1n) is 11.4. The lowest BCUT2D eigenvalue weighted by Crippen LogP contribution is -2.42. The van der Waals surface area contributed by atoms with Crippen molar-refractivity contribution in [2.24, 2.45) is 0 Å². The van der Waals surface area contributed by atoms with Gasteiger partial charge in [-0.05, 0) is 57.9 Å². The highest BCUT2D eigenvalue weighted by molar-refractivity contribution is 7.90. The topological polar surface area (TPSA) is 128 Å². The van der Waals surface area contributed by atoms with Crippen molar-refractivity contribution in [1.82, 2.24) is 24.6 Å². The smallest absolute Gasteiger partial charge is 0.410 e. The molecule has 0 radical (unpaired) electrons. The molecule has 0 unspecified atom stereocenters. The molecule has 1 aliphatic heterocycles. The summed E-state index contributed by atoms with van der Waals surface area (Å²) >= 11 is 6.18. The van der Waals surface area contributed by atoms with Crippen LogP contribution in [0.3, 0.4) is 0 Å². The van der Waals surface area contributed by atoms with Crippen LogP contribution in [0.5, 0.6) is 5.75 Å². The number of carbonyl (C=O) groups is 1. The van der Waals surface area contributed by atoms with E-state index in [-0.39, 0.29) is 23.0 Å². The summed E-state index contributed by atoms with van der Waals surface area (Å²) in [4.78, 5) is 22.3. The molecular formula is C24H28ClN5O5S. The fourth-order valence-electron chi connectivity index (χ4n) is 4.00. The third-order valence-corrected chi connectivity index (χ3v) is 6.70. The molecular weight excluding hydrogens is 506 g/mol. The summed E-state index contributed by atoms with van der Waals surface area (Å²) < 4.78 is 31.4. The maximum Gasteiger partial charge on any atom is 0.410 e. The van der Waals surface area contributed by atoms with Gasteiger partial charge in [-0.1, -0.05) is 11.6 Å². The molecule has 0 aliphatic carbocycles. The number of piperidine rings is 1. The number of carbonyl (C=O) groups excluding carboxylic acids is 1. The first-order valence-corrected chi connectivity index (χ1v) is 13.7. The zero-order valence-corrected chi connectivity index (χ0v) is 22.0. The second-order valence-corrected chi connectivity index (χ2v) is 12.1. The van der Waals surface area contributed by atoms with Crippen LogP contribution in [0.2, 0.25) is 5.02 Å². The van der Waals surface area contributed by atoms with E-state index in [9.17, 15) is 18.3 Å². The molecule has 0 saturated carbocycles. The summed E-state index contributed by atoms with van der Waals surface area (Å²) in [7, 11) is -3.63. The van der Waals surface area contributed by atoms with Gasteiger partial charge in [-0.15, -0.1) is 0 Å². The molecule has 0 atom stereocenters. The molecule has 1 amide bonds. The number of halogens is 1. The average molecular weight is 534 g/mol. The van der Waals surface area contributed by atoms with E-state index >= 15 is 0 Å². The number of phenols is 1. The molecule has 0 bridgehead atoms. The van der Waals surface area contributed by atoms with Crippen molar-refractivity contribution in [2.75, 3.05) is 19.3 Å². The normalized spacial score (nSPS) is 15.2. The van der Waals surface area contributed by atoms with Crippen molar-refractivity contribution in [2.45, 2.75) is 50.4 Å². The maximum absolute atomic E-state index is 12.4. The summed E-state index contributed by atoms with van der Waals surface area (Å²) in [6.07, 6.45) is 5.19. The molecule has 3 heterocycles. The summed E-state index contributed by atoms with van der Waals surface area (Å²) in [6, 6.07) is 6.21. The molecule has 10 nitrogen and oxygen atoms in total. The van der Waals surface area contributed by atoms with Gasteiger partial charge in [0.05, 0.1) is 11.7 Å². The number of hydrogen-bond acceptors (Lipinski definition) is 8. The molecule has 1 aromatic carbocycles. The lowest BCUT2D eigenvalue weighted by Gasteiger charge is -2.33. The molecule has 192 valence electrons. The van der Waals surface area contributed by atoms with E-state index in [0.29, 0.717) is 53.5 Å². The first-order chi connectivity index (χ1) is 16.8. The highest BCUT2D eigenvalue weighted by Gasteiger charge is 2.29. The Morgan fingerprint density at radius 1 is 1.19 bits per heavy atom. The predicted octanol–water partition coefficient (Wildman–Crippen LogP) is 4.34. The summed E-state index contributed by atoms with van der Waals surface area (Å²) in [5.74, 6) is -0.0248. The number of nitrogens with zero attached hydrogens (tertiary/aromatic N) is 5. The molecule has 1 saturated heterocycles. The van der Waals surface area contributed by atoms with E-state index in [2.05, 4.69) is 9.97 Å². The fourth-order valence-corrected chi connectivity index (χ4v) is 4.74. The number of sulfone groups is 1. The molecule has 2 aromatic heterocycles. The van der Waals surface area contributed by atoms with E-state index in [1.807, 2.05) is 20.8 Å². The number of rotatable bonds is 4. The van der Waals surface area contributed by atoms with Crippen LogP contribution < -0.4 is 0 Å². The van der Waals surface area contributed by atoms with Gasteiger partial charge < -0.3 is 14.7 Å². The number of likely N-dealkylation sites (tertiary alicyclic amines) is 1. The Morgan fingerprint density at radius 2 is 1.89 bits per heavy atom. The van der Waals surface area contributed by atoms with Crippen LogP contribution in [0.4, 0.5) is 4.79 Å².